The number of hydrogen-bond donors (Lipinski definition) is 1. The molecule has 0 saturated heterocycles. The Kier molecular flexibility index (Phi) is 4.97. The molecule has 0 aliphatic heterocycles. The quantitative estimate of drug-likeness (QED) is 0.666. The van der Waals surface area contributed by atoms with Crippen LogP contribution in [-0.4, -0.2) is 16.0 Å². The first-order chi connectivity index (χ1) is 9.72. The van der Waals surface area contributed by atoms with Crippen LogP contribution in [0.3, 0.4) is 0 Å². The van der Waals surface area contributed by atoms with Gasteiger partial charge in [-0.05, 0) is 6.42 Å². The van der Waals surface area contributed by atoms with Crippen molar-refractivity contribution >= 4 is 17.4 Å². The lowest BCUT2D eigenvalue weighted by atomic mass is 10.1. The number of halogens is 1. The van der Waals surface area contributed by atoms with E-state index in [-0.39, 0.29) is 6.04 Å². The molecule has 0 bridgehead atoms. The minimum absolute atomic E-state index is 0.189. The first kappa shape index (κ1) is 14.4. The van der Waals surface area contributed by atoms with Crippen molar-refractivity contribution in [1.29, 1.82) is 0 Å². The summed E-state index contributed by atoms with van der Waals surface area (Å²) in [5.74, 6) is 3.97. The van der Waals surface area contributed by atoms with Gasteiger partial charge >= 0.3 is 0 Å². The molecular formula is C16H16ClN3. The second kappa shape index (κ2) is 6.93. The van der Waals surface area contributed by atoms with Gasteiger partial charge in [0.15, 0.2) is 5.82 Å². The fourth-order valence-corrected chi connectivity index (χ4v) is 2.04. The van der Waals surface area contributed by atoms with Crippen LogP contribution in [0.1, 0.15) is 19.8 Å². The lowest BCUT2D eigenvalue weighted by Gasteiger charge is -2.15. The molecule has 0 fully saturated rings. The average Bonchev–Trinajstić information content (AvgIpc) is 2.47. The minimum Gasteiger partial charge on any atom is -0.366 e. The van der Waals surface area contributed by atoms with Crippen molar-refractivity contribution in [2.24, 2.45) is 0 Å². The molecule has 2 rings (SSSR count). The molecular weight excluding hydrogens is 270 g/mol. The number of benzene rings is 1. The highest BCUT2D eigenvalue weighted by Gasteiger charge is 2.09. The summed E-state index contributed by atoms with van der Waals surface area (Å²) in [6, 6.07) is 11.7. The third-order valence-corrected chi connectivity index (χ3v) is 3.13. The minimum atomic E-state index is 0.189. The summed E-state index contributed by atoms with van der Waals surface area (Å²) in [7, 11) is 0. The van der Waals surface area contributed by atoms with Gasteiger partial charge in [0.25, 0.3) is 0 Å². The van der Waals surface area contributed by atoms with E-state index in [1.54, 1.807) is 6.07 Å². The third-order valence-electron chi connectivity index (χ3n) is 2.94. The second-order valence-electron chi connectivity index (χ2n) is 4.42. The van der Waals surface area contributed by atoms with Crippen LogP contribution in [0.25, 0.3) is 11.4 Å². The van der Waals surface area contributed by atoms with Gasteiger partial charge in [0, 0.05) is 24.1 Å². The molecule has 3 nitrogen and oxygen atoms in total. The van der Waals surface area contributed by atoms with Crippen LogP contribution in [0, 0.1) is 12.3 Å². The van der Waals surface area contributed by atoms with Gasteiger partial charge in [-0.25, -0.2) is 9.97 Å². The van der Waals surface area contributed by atoms with Gasteiger partial charge in [-0.3, -0.25) is 0 Å². The zero-order chi connectivity index (χ0) is 14.4. The molecule has 2 aromatic rings. The third kappa shape index (κ3) is 3.72. The fraction of sp³-hybridized carbons (Fsp3) is 0.250. The van der Waals surface area contributed by atoms with Crippen LogP contribution in [-0.2, 0) is 0 Å². The molecule has 4 heteroatoms. The fourth-order valence-electron chi connectivity index (χ4n) is 1.86. The molecule has 0 radical (unpaired) electrons. The van der Waals surface area contributed by atoms with Gasteiger partial charge in [-0.1, -0.05) is 48.9 Å². The summed E-state index contributed by atoms with van der Waals surface area (Å²) in [5, 5.41) is 3.72. The highest BCUT2D eigenvalue weighted by atomic mass is 35.5. The lowest BCUT2D eigenvalue weighted by molar-refractivity contribution is 0.711. The van der Waals surface area contributed by atoms with Gasteiger partial charge in [-0.2, -0.15) is 0 Å². The van der Waals surface area contributed by atoms with Gasteiger partial charge in [0.05, 0.1) is 0 Å². The maximum Gasteiger partial charge on any atom is 0.163 e. The second-order valence-corrected chi connectivity index (χ2v) is 4.81. The van der Waals surface area contributed by atoms with Crippen molar-refractivity contribution in [2.75, 3.05) is 5.32 Å². The van der Waals surface area contributed by atoms with E-state index in [4.69, 9.17) is 18.0 Å². The Labute approximate surface area is 124 Å². The number of rotatable bonds is 5. The Morgan fingerprint density at radius 1 is 1.30 bits per heavy atom. The summed E-state index contributed by atoms with van der Waals surface area (Å²) in [5.41, 5.74) is 0.933. The number of aromatic nitrogens is 2. The molecule has 0 saturated carbocycles. The predicted octanol–water partition coefficient (Wildman–Crippen LogP) is 4.01. The average molecular weight is 286 g/mol. The van der Waals surface area contributed by atoms with E-state index < -0.39 is 0 Å². The normalized spacial score (nSPS) is 11.7. The number of anilines is 1. The summed E-state index contributed by atoms with van der Waals surface area (Å²) in [4.78, 5) is 8.76. The zero-order valence-electron chi connectivity index (χ0n) is 11.3. The highest BCUT2D eigenvalue weighted by Crippen LogP contribution is 2.21. The van der Waals surface area contributed by atoms with Crippen LogP contribution in [0.15, 0.2) is 36.4 Å². The topological polar surface area (TPSA) is 37.8 Å². The van der Waals surface area contributed by atoms with Gasteiger partial charge in [0.2, 0.25) is 0 Å². The van der Waals surface area contributed by atoms with E-state index in [9.17, 15) is 0 Å². The van der Waals surface area contributed by atoms with Gasteiger partial charge in [-0.15, -0.1) is 12.3 Å². The maximum absolute atomic E-state index is 6.07. The Hall–Kier alpha value is -2.05. The summed E-state index contributed by atoms with van der Waals surface area (Å²) < 4.78 is 0. The molecule has 1 aromatic heterocycles. The molecule has 20 heavy (non-hydrogen) atoms. The van der Waals surface area contributed by atoms with Crippen molar-refractivity contribution in [3.05, 3.63) is 41.6 Å². The monoisotopic (exact) mass is 285 g/mol. The van der Waals surface area contributed by atoms with Crippen molar-refractivity contribution < 1.29 is 0 Å². The van der Waals surface area contributed by atoms with E-state index in [2.05, 4.69) is 28.1 Å². The first-order valence-electron chi connectivity index (χ1n) is 6.53. The largest absolute Gasteiger partial charge is 0.366 e. The standard InChI is InChI=1S/C16H16ClN3/c1-3-8-13(4-2)18-15-11-14(17)19-16(20-15)12-9-6-5-7-10-12/h1,5-7,9-11,13H,4,8H2,2H3,(H,18,19,20). The molecule has 102 valence electrons. The smallest absolute Gasteiger partial charge is 0.163 e. The van der Waals surface area contributed by atoms with E-state index in [0.717, 1.165) is 12.0 Å². The summed E-state index contributed by atoms with van der Waals surface area (Å²) in [6.45, 7) is 2.08. The van der Waals surface area contributed by atoms with Crippen LogP contribution in [0.4, 0.5) is 5.82 Å². The molecule has 0 aliphatic rings. The van der Waals surface area contributed by atoms with Crippen molar-refractivity contribution in [3.63, 3.8) is 0 Å². The maximum atomic E-state index is 6.07. The summed E-state index contributed by atoms with van der Waals surface area (Å²) >= 11 is 6.07. The lowest BCUT2D eigenvalue weighted by Crippen LogP contribution is -2.18. The number of hydrogen-bond acceptors (Lipinski definition) is 3. The van der Waals surface area contributed by atoms with E-state index in [1.807, 2.05) is 30.3 Å². The molecule has 1 atom stereocenters. The Bertz CT molecular complexity index is 605. The Balaban J connectivity index is 2.28. The van der Waals surface area contributed by atoms with Crippen molar-refractivity contribution in [2.45, 2.75) is 25.8 Å². The van der Waals surface area contributed by atoms with E-state index in [1.165, 1.54) is 0 Å². The SMILES string of the molecule is C#CCC(CC)Nc1cc(Cl)nc(-c2ccccc2)n1. The Morgan fingerprint density at radius 2 is 2.05 bits per heavy atom. The van der Waals surface area contributed by atoms with Crippen molar-refractivity contribution in [3.8, 4) is 23.7 Å². The molecule has 0 aliphatic carbocycles. The molecule has 0 amide bonds. The molecule has 1 unspecified atom stereocenters. The first-order valence-corrected chi connectivity index (χ1v) is 6.90. The zero-order valence-corrected chi connectivity index (χ0v) is 12.1. The Morgan fingerprint density at radius 3 is 2.70 bits per heavy atom. The number of nitrogens with one attached hydrogen (secondary N) is 1. The van der Waals surface area contributed by atoms with Crippen LogP contribution < -0.4 is 5.32 Å². The number of terminal acetylenes is 1. The summed E-state index contributed by atoms with van der Waals surface area (Å²) in [6.07, 6.45) is 6.94. The van der Waals surface area contributed by atoms with E-state index >= 15 is 0 Å². The molecule has 0 spiro atoms. The number of nitrogens with zero attached hydrogens (tertiary/aromatic N) is 2. The van der Waals surface area contributed by atoms with Crippen molar-refractivity contribution in [1.82, 2.24) is 9.97 Å². The van der Waals surface area contributed by atoms with Crippen LogP contribution in [0.5, 0.6) is 0 Å². The van der Waals surface area contributed by atoms with Crippen LogP contribution in [0.2, 0.25) is 5.15 Å². The van der Waals surface area contributed by atoms with Gasteiger partial charge < -0.3 is 5.32 Å². The molecule has 1 heterocycles. The van der Waals surface area contributed by atoms with E-state index in [0.29, 0.717) is 23.2 Å². The molecule has 1 N–H and O–H groups in total. The molecule has 1 aromatic carbocycles. The van der Waals surface area contributed by atoms with Gasteiger partial charge in [0.1, 0.15) is 11.0 Å². The van der Waals surface area contributed by atoms with Crippen LogP contribution >= 0.6 is 11.6 Å². The highest BCUT2D eigenvalue weighted by molar-refractivity contribution is 6.29. The predicted molar refractivity (Wildman–Crippen MR) is 83.6 cm³/mol.